The van der Waals surface area contributed by atoms with Gasteiger partial charge in [0.2, 0.25) is 0 Å². The third kappa shape index (κ3) is 5.01. The third-order valence-electron chi connectivity index (χ3n) is 2.93. The average Bonchev–Trinajstić information content (AvgIpc) is 2.45. The molecule has 0 aliphatic heterocycles. The van der Waals surface area contributed by atoms with E-state index in [2.05, 4.69) is 82.8 Å². The molecule has 3 heteroatoms. The van der Waals surface area contributed by atoms with Gasteiger partial charge in [-0.15, -0.1) is 11.8 Å². The molecule has 100 valence electrons. The highest BCUT2D eigenvalue weighted by Crippen LogP contribution is 2.18. The Hall–Kier alpha value is -0.770. The fraction of sp³-hybridized carbons (Fsp3) is 0.250. The maximum atomic E-state index is 3.55. The summed E-state index contributed by atoms with van der Waals surface area (Å²) in [5.41, 5.74) is 1.33. The van der Waals surface area contributed by atoms with Crippen molar-refractivity contribution >= 4 is 27.7 Å². The summed E-state index contributed by atoms with van der Waals surface area (Å²) in [6.07, 6.45) is 0. The molecule has 0 spiro atoms. The zero-order valence-electron chi connectivity index (χ0n) is 11.0. The molecule has 1 nitrogen and oxygen atoms in total. The van der Waals surface area contributed by atoms with Gasteiger partial charge >= 0.3 is 0 Å². The second-order valence-corrected chi connectivity index (χ2v) is 6.47. The molecule has 0 aliphatic rings. The normalized spacial score (nSPS) is 12.3. The van der Waals surface area contributed by atoms with E-state index in [1.165, 1.54) is 10.5 Å². The molecule has 0 saturated carbocycles. The maximum absolute atomic E-state index is 3.55. The van der Waals surface area contributed by atoms with Gasteiger partial charge < -0.3 is 5.32 Å². The highest BCUT2D eigenvalue weighted by atomic mass is 79.9. The van der Waals surface area contributed by atoms with Crippen molar-refractivity contribution in [3.05, 3.63) is 64.6 Å². The first-order valence-corrected chi connectivity index (χ1v) is 8.20. The lowest BCUT2D eigenvalue weighted by Crippen LogP contribution is -2.21. The molecule has 2 aromatic carbocycles. The Balaban J connectivity index is 1.72. The zero-order valence-corrected chi connectivity index (χ0v) is 13.4. The van der Waals surface area contributed by atoms with Crippen molar-refractivity contribution in [1.82, 2.24) is 5.32 Å². The summed E-state index contributed by atoms with van der Waals surface area (Å²) in [7, 11) is 0. The highest BCUT2D eigenvalue weighted by Gasteiger charge is 2.03. The molecule has 1 N–H and O–H groups in total. The van der Waals surface area contributed by atoms with Crippen molar-refractivity contribution in [3.8, 4) is 0 Å². The van der Waals surface area contributed by atoms with Crippen molar-refractivity contribution in [2.24, 2.45) is 0 Å². The Labute approximate surface area is 127 Å². The van der Waals surface area contributed by atoms with Gasteiger partial charge in [-0.2, -0.15) is 0 Å². The van der Waals surface area contributed by atoms with Crippen molar-refractivity contribution in [2.45, 2.75) is 17.9 Å². The predicted octanol–water partition coefficient (Wildman–Crippen LogP) is 4.89. The number of thioether (sulfide) groups is 1. The quantitative estimate of drug-likeness (QED) is 0.595. The van der Waals surface area contributed by atoms with Crippen molar-refractivity contribution < 1.29 is 0 Å². The number of hydrogen-bond donors (Lipinski definition) is 1. The Bertz CT molecular complexity index is 484. The van der Waals surface area contributed by atoms with Crippen LogP contribution in [0.3, 0.4) is 0 Å². The van der Waals surface area contributed by atoms with Gasteiger partial charge in [0, 0.05) is 27.7 Å². The molecular weight excluding hydrogens is 318 g/mol. The second-order valence-electron chi connectivity index (χ2n) is 4.39. The summed E-state index contributed by atoms with van der Waals surface area (Å²) < 4.78 is 1.13. The Morgan fingerprint density at radius 2 is 1.74 bits per heavy atom. The van der Waals surface area contributed by atoms with Crippen LogP contribution in [0, 0.1) is 0 Å². The van der Waals surface area contributed by atoms with E-state index in [0.29, 0.717) is 6.04 Å². The lowest BCUT2D eigenvalue weighted by Gasteiger charge is -2.14. The Kier molecular flexibility index (Phi) is 5.95. The lowest BCUT2D eigenvalue weighted by atomic mass is 10.1. The van der Waals surface area contributed by atoms with E-state index in [0.717, 1.165) is 16.8 Å². The predicted molar refractivity (Wildman–Crippen MR) is 87.7 cm³/mol. The molecule has 0 saturated heterocycles. The van der Waals surface area contributed by atoms with Gasteiger partial charge in [-0.25, -0.2) is 0 Å². The fourth-order valence-corrected chi connectivity index (χ4v) is 2.90. The maximum Gasteiger partial charge on any atom is 0.0292 e. The molecule has 0 radical (unpaired) electrons. The molecule has 0 heterocycles. The minimum atomic E-state index is 0.393. The SMILES string of the molecule is CC(NCCSc1ccccc1)c1ccc(Br)cc1. The van der Waals surface area contributed by atoms with Crippen LogP contribution >= 0.6 is 27.7 Å². The van der Waals surface area contributed by atoms with E-state index in [9.17, 15) is 0 Å². The molecule has 0 bridgehead atoms. The Morgan fingerprint density at radius 3 is 2.42 bits per heavy atom. The summed E-state index contributed by atoms with van der Waals surface area (Å²) in [4.78, 5) is 1.33. The van der Waals surface area contributed by atoms with Crippen LogP contribution in [0.15, 0.2) is 64.0 Å². The van der Waals surface area contributed by atoms with Gasteiger partial charge in [0.25, 0.3) is 0 Å². The standard InChI is InChI=1S/C16H18BrNS/c1-13(14-7-9-15(17)10-8-14)18-11-12-19-16-5-3-2-4-6-16/h2-10,13,18H,11-12H2,1H3. The van der Waals surface area contributed by atoms with E-state index in [4.69, 9.17) is 0 Å². The number of halogens is 1. The van der Waals surface area contributed by atoms with Crippen LogP contribution in [0.4, 0.5) is 0 Å². The number of benzene rings is 2. The number of nitrogens with one attached hydrogen (secondary N) is 1. The van der Waals surface area contributed by atoms with Gasteiger partial charge in [0.05, 0.1) is 0 Å². The summed E-state index contributed by atoms with van der Waals surface area (Å²) in [5.74, 6) is 1.09. The molecule has 19 heavy (non-hydrogen) atoms. The zero-order chi connectivity index (χ0) is 13.5. The molecule has 0 amide bonds. The molecule has 1 unspecified atom stereocenters. The second kappa shape index (κ2) is 7.73. The average molecular weight is 336 g/mol. The van der Waals surface area contributed by atoms with E-state index < -0.39 is 0 Å². The van der Waals surface area contributed by atoms with Crippen LogP contribution in [0.5, 0.6) is 0 Å². The van der Waals surface area contributed by atoms with Crippen LogP contribution in [-0.4, -0.2) is 12.3 Å². The summed E-state index contributed by atoms with van der Waals surface area (Å²) >= 11 is 5.35. The molecule has 0 aliphatic carbocycles. The van der Waals surface area contributed by atoms with Gasteiger partial charge in [0.1, 0.15) is 0 Å². The molecule has 2 rings (SSSR count). The third-order valence-corrected chi connectivity index (χ3v) is 4.48. The molecule has 0 fully saturated rings. The molecule has 0 aromatic heterocycles. The fourth-order valence-electron chi connectivity index (χ4n) is 1.83. The van der Waals surface area contributed by atoms with Crippen LogP contribution in [0.25, 0.3) is 0 Å². The summed E-state index contributed by atoms with van der Waals surface area (Å²) in [6, 6.07) is 19.4. The van der Waals surface area contributed by atoms with Crippen molar-refractivity contribution in [3.63, 3.8) is 0 Å². The van der Waals surface area contributed by atoms with E-state index in [1.54, 1.807) is 0 Å². The topological polar surface area (TPSA) is 12.0 Å². The van der Waals surface area contributed by atoms with Crippen LogP contribution in [0.2, 0.25) is 0 Å². The van der Waals surface area contributed by atoms with E-state index in [-0.39, 0.29) is 0 Å². The minimum absolute atomic E-state index is 0.393. The number of rotatable bonds is 6. The van der Waals surface area contributed by atoms with E-state index in [1.807, 2.05) is 11.8 Å². The number of hydrogen-bond acceptors (Lipinski definition) is 2. The lowest BCUT2D eigenvalue weighted by molar-refractivity contribution is 0.601. The molecule has 1 atom stereocenters. The van der Waals surface area contributed by atoms with Crippen LogP contribution in [-0.2, 0) is 0 Å². The summed E-state index contributed by atoms with van der Waals surface area (Å²) in [5, 5.41) is 3.55. The first-order chi connectivity index (χ1) is 9.25. The van der Waals surface area contributed by atoms with Crippen molar-refractivity contribution in [1.29, 1.82) is 0 Å². The smallest absolute Gasteiger partial charge is 0.0292 e. The van der Waals surface area contributed by atoms with Gasteiger partial charge in [-0.1, -0.05) is 46.3 Å². The van der Waals surface area contributed by atoms with Gasteiger partial charge in [-0.3, -0.25) is 0 Å². The first kappa shape index (κ1) is 14.6. The van der Waals surface area contributed by atoms with Crippen LogP contribution < -0.4 is 5.32 Å². The van der Waals surface area contributed by atoms with Crippen molar-refractivity contribution in [2.75, 3.05) is 12.3 Å². The first-order valence-electron chi connectivity index (χ1n) is 6.42. The highest BCUT2D eigenvalue weighted by molar-refractivity contribution is 9.10. The van der Waals surface area contributed by atoms with Gasteiger partial charge in [0.15, 0.2) is 0 Å². The summed E-state index contributed by atoms with van der Waals surface area (Å²) in [6.45, 7) is 3.22. The van der Waals surface area contributed by atoms with E-state index >= 15 is 0 Å². The minimum Gasteiger partial charge on any atom is -0.309 e. The Morgan fingerprint density at radius 1 is 1.05 bits per heavy atom. The van der Waals surface area contributed by atoms with Crippen LogP contribution in [0.1, 0.15) is 18.5 Å². The monoisotopic (exact) mass is 335 g/mol. The molecular formula is C16H18BrNS. The largest absolute Gasteiger partial charge is 0.309 e. The van der Waals surface area contributed by atoms with Gasteiger partial charge in [-0.05, 0) is 36.8 Å². The molecule has 2 aromatic rings.